The largest absolute Gasteiger partial charge is 0.494 e. The van der Waals surface area contributed by atoms with Gasteiger partial charge in [-0.2, -0.15) is 0 Å². The highest BCUT2D eigenvalue weighted by atomic mass is 35.5. The van der Waals surface area contributed by atoms with Gasteiger partial charge in [0.1, 0.15) is 11.4 Å². The first-order valence-corrected chi connectivity index (χ1v) is 16.0. The molecule has 246 valence electrons. The maximum absolute atomic E-state index is 12.9. The van der Waals surface area contributed by atoms with Gasteiger partial charge in [0.25, 0.3) is 0 Å². The van der Waals surface area contributed by atoms with Crippen molar-refractivity contribution in [3.8, 4) is 17.2 Å². The van der Waals surface area contributed by atoms with Gasteiger partial charge in [-0.1, -0.05) is 92.2 Å². The monoisotopic (exact) mass is 664 g/mol. The number of ether oxygens (including phenoxy) is 3. The fraction of sp³-hybridized carbons (Fsp3) is 0.368. The SMILES string of the molecule is CCCCOc1ccc(C(O)(Cc2ccccc2)C(CN2CCN(Cc3ccc4c(c3)OCO4)CC2)c2ccccc2)cc1.Cl.Cl. The zero-order chi connectivity index (χ0) is 30.2. The summed E-state index contributed by atoms with van der Waals surface area (Å²) in [6, 6.07) is 35.3. The molecular weight excluding hydrogens is 619 g/mol. The van der Waals surface area contributed by atoms with E-state index in [0.29, 0.717) is 19.8 Å². The lowest BCUT2D eigenvalue weighted by Crippen LogP contribution is -2.50. The number of halogens is 2. The molecule has 0 bridgehead atoms. The standard InChI is InChI=1S/C38H44N2O4.2ClH/c1-2-3-24-42-34-17-15-33(16-18-34)38(41,26-30-10-6-4-7-11-30)35(32-12-8-5-9-13-32)28-40-22-20-39(21-23-40)27-31-14-19-36-37(25-31)44-29-43-36;;/h4-19,25,35,41H,2-3,20-24,26-29H2,1H3;2*1H. The molecule has 0 saturated carbocycles. The first-order valence-electron chi connectivity index (χ1n) is 16.0. The summed E-state index contributed by atoms with van der Waals surface area (Å²) < 4.78 is 17.0. The molecule has 1 N–H and O–H groups in total. The van der Waals surface area contributed by atoms with Gasteiger partial charge in [0, 0.05) is 51.6 Å². The Morgan fingerprint density at radius 2 is 1.41 bits per heavy atom. The molecule has 0 aromatic heterocycles. The Hall–Kier alpha value is -3.26. The van der Waals surface area contributed by atoms with Crippen molar-refractivity contribution in [2.45, 2.75) is 44.2 Å². The molecule has 6 nitrogen and oxygen atoms in total. The quantitative estimate of drug-likeness (QED) is 0.150. The predicted molar refractivity (Wildman–Crippen MR) is 189 cm³/mol. The summed E-state index contributed by atoms with van der Waals surface area (Å²) in [5.74, 6) is 2.38. The van der Waals surface area contributed by atoms with E-state index < -0.39 is 5.60 Å². The van der Waals surface area contributed by atoms with E-state index in [1.165, 1.54) is 5.56 Å². The zero-order valence-electron chi connectivity index (χ0n) is 26.6. The molecule has 2 aliphatic heterocycles. The first-order chi connectivity index (χ1) is 21.6. The van der Waals surface area contributed by atoms with E-state index in [1.807, 2.05) is 30.3 Å². The van der Waals surface area contributed by atoms with Crippen molar-refractivity contribution in [1.82, 2.24) is 9.80 Å². The summed E-state index contributed by atoms with van der Waals surface area (Å²) in [4.78, 5) is 5.02. The van der Waals surface area contributed by atoms with Gasteiger partial charge in [0.15, 0.2) is 11.5 Å². The minimum absolute atomic E-state index is 0. The number of benzene rings is 4. The molecule has 0 spiro atoms. The van der Waals surface area contributed by atoms with E-state index >= 15 is 0 Å². The van der Waals surface area contributed by atoms with E-state index in [0.717, 1.165) is 86.0 Å². The van der Waals surface area contributed by atoms with Crippen LogP contribution >= 0.6 is 24.8 Å². The highest BCUT2D eigenvalue weighted by Crippen LogP contribution is 2.41. The number of aliphatic hydroxyl groups is 1. The van der Waals surface area contributed by atoms with Crippen molar-refractivity contribution >= 4 is 24.8 Å². The maximum atomic E-state index is 12.9. The van der Waals surface area contributed by atoms with Crippen LogP contribution in [-0.4, -0.2) is 61.0 Å². The molecule has 8 heteroatoms. The summed E-state index contributed by atoms with van der Waals surface area (Å²) in [5.41, 5.74) is 3.31. The van der Waals surface area contributed by atoms with Crippen molar-refractivity contribution in [2.24, 2.45) is 0 Å². The Bertz CT molecular complexity index is 1470. The molecule has 0 radical (unpaired) electrons. The van der Waals surface area contributed by atoms with Crippen LogP contribution in [0.5, 0.6) is 17.2 Å². The van der Waals surface area contributed by atoms with E-state index in [4.69, 9.17) is 14.2 Å². The molecule has 0 amide bonds. The summed E-state index contributed by atoms with van der Waals surface area (Å²) in [7, 11) is 0. The van der Waals surface area contributed by atoms with Crippen LogP contribution in [0.4, 0.5) is 0 Å². The molecule has 2 aliphatic rings. The molecule has 2 unspecified atom stereocenters. The normalized spacial score (nSPS) is 16.5. The third-order valence-corrected chi connectivity index (χ3v) is 8.96. The minimum Gasteiger partial charge on any atom is -0.494 e. The molecule has 0 aliphatic carbocycles. The van der Waals surface area contributed by atoms with Gasteiger partial charge in [-0.25, -0.2) is 0 Å². The summed E-state index contributed by atoms with van der Waals surface area (Å²) in [6.45, 7) is 8.65. The van der Waals surface area contributed by atoms with Gasteiger partial charge in [0.2, 0.25) is 6.79 Å². The molecule has 2 atom stereocenters. The lowest BCUT2D eigenvalue weighted by molar-refractivity contribution is -0.0104. The van der Waals surface area contributed by atoms with Gasteiger partial charge in [-0.05, 0) is 52.9 Å². The van der Waals surface area contributed by atoms with E-state index in [1.54, 1.807) is 0 Å². The van der Waals surface area contributed by atoms with Crippen LogP contribution in [-0.2, 0) is 18.6 Å². The van der Waals surface area contributed by atoms with E-state index in [-0.39, 0.29) is 30.7 Å². The Morgan fingerprint density at radius 3 is 2.11 bits per heavy atom. The molecule has 2 heterocycles. The highest BCUT2D eigenvalue weighted by Gasteiger charge is 2.41. The number of fused-ring (bicyclic) bond motifs is 1. The third kappa shape index (κ3) is 8.75. The van der Waals surface area contributed by atoms with E-state index in [9.17, 15) is 5.11 Å². The van der Waals surface area contributed by atoms with Crippen molar-refractivity contribution in [1.29, 1.82) is 0 Å². The Balaban J connectivity index is 0.00000240. The molecule has 4 aromatic carbocycles. The summed E-state index contributed by atoms with van der Waals surface area (Å²) >= 11 is 0. The number of hydrogen-bond acceptors (Lipinski definition) is 6. The number of rotatable bonds is 13. The fourth-order valence-corrected chi connectivity index (χ4v) is 6.41. The van der Waals surface area contributed by atoms with Crippen LogP contribution in [0.15, 0.2) is 103 Å². The van der Waals surface area contributed by atoms with E-state index in [2.05, 4.69) is 89.5 Å². The van der Waals surface area contributed by atoms with Crippen LogP contribution in [0, 0.1) is 0 Å². The molecule has 1 saturated heterocycles. The molecule has 6 rings (SSSR count). The summed E-state index contributed by atoms with van der Waals surface area (Å²) in [6.07, 6.45) is 2.65. The predicted octanol–water partition coefficient (Wildman–Crippen LogP) is 7.47. The average molecular weight is 666 g/mol. The fourth-order valence-electron chi connectivity index (χ4n) is 6.41. The molecule has 1 fully saturated rings. The van der Waals surface area contributed by atoms with Crippen LogP contribution in [0.2, 0.25) is 0 Å². The maximum Gasteiger partial charge on any atom is 0.231 e. The summed E-state index contributed by atoms with van der Waals surface area (Å²) in [5, 5.41) is 12.9. The minimum atomic E-state index is -1.12. The Morgan fingerprint density at radius 1 is 0.761 bits per heavy atom. The van der Waals surface area contributed by atoms with Crippen LogP contribution in [0.3, 0.4) is 0 Å². The van der Waals surface area contributed by atoms with Crippen molar-refractivity contribution in [3.63, 3.8) is 0 Å². The van der Waals surface area contributed by atoms with Crippen molar-refractivity contribution in [2.75, 3.05) is 46.1 Å². The van der Waals surface area contributed by atoms with Crippen LogP contribution in [0.25, 0.3) is 0 Å². The number of nitrogens with zero attached hydrogens (tertiary/aromatic N) is 2. The van der Waals surface area contributed by atoms with Gasteiger partial charge in [0.05, 0.1) is 6.61 Å². The molecule has 4 aromatic rings. The molecular formula is C38H46Cl2N2O4. The van der Waals surface area contributed by atoms with Crippen LogP contribution in [0.1, 0.15) is 47.9 Å². The Kier molecular flexibility index (Phi) is 13.2. The highest BCUT2D eigenvalue weighted by molar-refractivity contribution is 5.85. The zero-order valence-corrected chi connectivity index (χ0v) is 28.2. The lowest BCUT2D eigenvalue weighted by Gasteiger charge is -2.42. The lowest BCUT2D eigenvalue weighted by atomic mass is 9.73. The van der Waals surface area contributed by atoms with Crippen LogP contribution < -0.4 is 14.2 Å². The van der Waals surface area contributed by atoms with Gasteiger partial charge < -0.3 is 24.2 Å². The number of piperazine rings is 1. The first kappa shape index (κ1) is 35.6. The smallest absolute Gasteiger partial charge is 0.231 e. The van der Waals surface area contributed by atoms with Gasteiger partial charge in [-0.3, -0.25) is 4.90 Å². The second-order valence-corrected chi connectivity index (χ2v) is 12.0. The van der Waals surface area contributed by atoms with Gasteiger partial charge >= 0.3 is 0 Å². The topological polar surface area (TPSA) is 54.4 Å². The number of unbranched alkanes of at least 4 members (excludes halogenated alkanes) is 1. The third-order valence-electron chi connectivity index (χ3n) is 8.96. The average Bonchev–Trinajstić information content (AvgIpc) is 3.54. The van der Waals surface area contributed by atoms with Crippen molar-refractivity contribution in [3.05, 3.63) is 125 Å². The molecule has 46 heavy (non-hydrogen) atoms. The second kappa shape index (κ2) is 17.1. The van der Waals surface area contributed by atoms with Gasteiger partial charge in [-0.15, -0.1) is 24.8 Å². The van der Waals surface area contributed by atoms with Crippen molar-refractivity contribution < 1.29 is 19.3 Å². The number of hydrogen-bond donors (Lipinski definition) is 1. The second-order valence-electron chi connectivity index (χ2n) is 12.0. The Labute approximate surface area is 286 Å².